The molecule has 1 N–H and O–H groups in total. The summed E-state index contributed by atoms with van der Waals surface area (Å²) < 4.78 is 0. The Bertz CT molecular complexity index is 737. The van der Waals surface area contributed by atoms with E-state index < -0.39 is 6.09 Å². The van der Waals surface area contributed by atoms with Crippen molar-refractivity contribution in [2.24, 2.45) is 0 Å². The maximum absolute atomic E-state index is 11.0. The molecule has 2 aromatic rings. The zero-order valence-corrected chi connectivity index (χ0v) is 14.2. The van der Waals surface area contributed by atoms with Gasteiger partial charge in [0.25, 0.3) is 0 Å². The quantitative estimate of drug-likeness (QED) is 0.942. The van der Waals surface area contributed by atoms with Crippen LogP contribution in [0, 0.1) is 13.8 Å². The molecule has 0 saturated carbocycles. The molecule has 2 heterocycles. The topological polar surface area (TPSA) is 56.7 Å². The second-order valence-electron chi connectivity index (χ2n) is 6.30. The molecule has 0 atom stereocenters. The van der Waals surface area contributed by atoms with E-state index in [2.05, 4.69) is 42.2 Å². The van der Waals surface area contributed by atoms with Crippen LogP contribution in [-0.2, 0) is 6.54 Å². The normalized spacial score (nSPS) is 15.5. The summed E-state index contributed by atoms with van der Waals surface area (Å²) in [6.45, 7) is 7.57. The highest BCUT2D eigenvalue weighted by atomic mass is 16.4. The van der Waals surface area contributed by atoms with Gasteiger partial charge in [0.15, 0.2) is 0 Å². The first-order valence-electron chi connectivity index (χ1n) is 8.27. The van der Waals surface area contributed by atoms with Gasteiger partial charge in [-0.1, -0.05) is 30.3 Å². The molecule has 0 bridgehead atoms. The number of aryl methyl sites for hydroxylation is 2. The van der Waals surface area contributed by atoms with E-state index in [-0.39, 0.29) is 0 Å². The number of aromatic nitrogens is 1. The second-order valence-corrected chi connectivity index (χ2v) is 6.30. The summed E-state index contributed by atoms with van der Waals surface area (Å²) >= 11 is 0. The van der Waals surface area contributed by atoms with E-state index in [0.717, 1.165) is 31.0 Å². The van der Waals surface area contributed by atoms with E-state index in [0.29, 0.717) is 13.1 Å². The minimum atomic E-state index is -0.828. The third-order valence-electron chi connectivity index (χ3n) is 4.61. The summed E-state index contributed by atoms with van der Waals surface area (Å²) in [4.78, 5) is 19.5. The fraction of sp³-hybridized carbons (Fsp3) is 0.368. The number of piperazine rings is 1. The molecule has 1 aliphatic heterocycles. The Kier molecular flexibility index (Phi) is 4.81. The highest BCUT2D eigenvalue weighted by Crippen LogP contribution is 2.25. The molecular formula is C19H23N3O2. The fourth-order valence-corrected chi connectivity index (χ4v) is 3.19. The minimum Gasteiger partial charge on any atom is -0.465 e. The molecule has 24 heavy (non-hydrogen) atoms. The van der Waals surface area contributed by atoms with E-state index in [1.807, 2.05) is 13.0 Å². The number of carboxylic acid groups (broad SMARTS) is 1. The Morgan fingerprint density at radius 1 is 1.04 bits per heavy atom. The molecule has 1 aliphatic rings. The largest absolute Gasteiger partial charge is 0.465 e. The summed E-state index contributed by atoms with van der Waals surface area (Å²) in [7, 11) is 0. The second kappa shape index (κ2) is 7.01. The molecule has 1 aromatic carbocycles. The van der Waals surface area contributed by atoms with Gasteiger partial charge in [-0.2, -0.15) is 0 Å². The van der Waals surface area contributed by atoms with Gasteiger partial charge in [-0.15, -0.1) is 0 Å². The molecule has 0 spiro atoms. The lowest BCUT2D eigenvalue weighted by Crippen LogP contribution is -2.47. The average Bonchev–Trinajstić information content (AvgIpc) is 2.56. The van der Waals surface area contributed by atoms with Gasteiger partial charge in [-0.05, 0) is 31.0 Å². The molecule has 1 aromatic heterocycles. The summed E-state index contributed by atoms with van der Waals surface area (Å²) in [5, 5.41) is 9.01. The Labute approximate surface area is 142 Å². The van der Waals surface area contributed by atoms with Crippen LogP contribution in [0.2, 0.25) is 0 Å². The van der Waals surface area contributed by atoms with Crippen molar-refractivity contribution in [2.75, 3.05) is 26.2 Å². The van der Waals surface area contributed by atoms with Gasteiger partial charge >= 0.3 is 6.09 Å². The van der Waals surface area contributed by atoms with Gasteiger partial charge in [0.05, 0.1) is 5.69 Å². The Balaban J connectivity index is 1.70. The van der Waals surface area contributed by atoms with Crippen LogP contribution in [0.4, 0.5) is 4.79 Å². The van der Waals surface area contributed by atoms with Crippen LogP contribution in [0.5, 0.6) is 0 Å². The van der Waals surface area contributed by atoms with Gasteiger partial charge in [0.1, 0.15) is 0 Å². The van der Waals surface area contributed by atoms with Crippen LogP contribution in [-0.4, -0.2) is 52.2 Å². The molecule has 0 unspecified atom stereocenters. The fourth-order valence-electron chi connectivity index (χ4n) is 3.19. The maximum atomic E-state index is 11.0. The van der Waals surface area contributed by atoms with Crippen molar-refractivity contribution < 1.29 is 9.90 Å². The van der Waals surface area contributed by atoms with Crippen LogP contribution >= 0.6 is 0 Å². The number of pyridine rings is 1. The molecule has 3 rings (SSSR count). The number of benzene rings is 1. The van der Waals surface area contributed by atoms with E-state index in [1.54, 1.807) is 0 Å². The van der Waals surface area contributed by atoms with Crippen molar-refractivity contribution in [1.82, 2.24) is 14.8 Å². The predicted octanol–water partition coefficient (Wildman–Crippen LogP) is 3.16. The van der Waals surface area contributed by atoms with Gasteiger partial charge in [-0.3, -0.25) is 9.88 Å². The number of hydrogen-bond donors (Lipinski definition) is 1. The summed E-state index contributed by atoms with van der Waals surface area (Å²) in [5.41, 5.74) is 5.72. The number of nitrogens with zero attached hydrogens (tertiary/aromatic N) is 3. The molecule has 1 saturated heterocycles. The van der Waals surface area contributed by atoms with Crippen molar-refractivity contribution >= 4 is 6.09 Å². The van der Waals surface area contributed by atoms with Crippen molar-refractivity contribution in [2.45, 2.75) is 20.4 Å². The van der Waals surface area contributed by atoms with Gasteiger partial charge < -0.3 is 10.0 Å². The van der Waals surface area contributed by atoms with Crippen molar-refractivity contribution in [3.63, 3.8) is 0 Å². The van der Waals surface area contributed by atoms with Crippen LogP contribution in [0.1, 0.15) is 17.0 Å². The number of hydrogen-bond acceptors (Lipinski definition) is 3. The smallest absolute Gasteiger partial charge is 0.407 e. The van der Waals surface area contributed by atoms with Crippen LogP contribution in [0.15, 0.2) is 36.4 Å². The number of carbonyl (C=O) groups is 1. The highest BCUT2D eigenvalue weighted by molar-refractivity contribution is 5.69. The lowest BCUT2D eigenvalue weighted by Gasteiger charge is -2.32. The SMILES string of the molecule is Cc1ccccc1-c1ccc(CN2CCN(C(=O)O)CC2)nc1C. The Morgan fingerprint density at radius 3 is 2.38 bits per heavy atom. The summed E-state index contributed by atoms with van der Waals surface area (Å²) in [6, 6.07) is 12.6. The van der Waals surface area contributed by atoms with E-state index in [4.69, 9.17) is 10.1 Å². The molecular weight excluding hydrogens is 302 g/mol. The third-order valence-corrected chi connectivity index (χ3v) is 4.61. The van der Waals surface area contributed by atoms with E-state index >= 15 is 0 Å². The molecule has 0 radical (unpaired) electrons. The number of amides is 1. The number of rotatable bonds is 3. The average molecular weight is 325 g/mol. The zero-order valence-electron chi connectivity index (χ0n) is 14.2. The monoisotopic (exact) mass is 325 g/mol. The minimum absolute atomic E-state index is 0.565. The van der Waals surface area contributed by atoms with Crippen LogP contribution in [0.3, 0.4) is 0 Å². The third kappa shape index (κ3) is 3.57. The van der Waals surface area contributed by atoms with E-state index in [1.165, 1.54) is 21.6 Å². The predicted molar refractivity (Wildman–Crippen MR) is 94.0 cm³/mol. The van der Waals surface area contributed by atoms with Crippen LogP contribution in [0.25, 0.3) is 11.1 Å². The zero-order chi connectivity index (χ0) is 17.1. The first kappa shape index (κ1) is 16.5. The molecule has 1 amide bonds. The Hall–Kier alpha value is -2.40. The lowest BCUT2D eigenvalue weighted by atomic mass is 9.99. The van der Waals surface area contributed by atoms with Crippen LogP contribution < -0.4 is 0 Å². The molecule has 1 fully saturated rings. The van der Waals surface area contributed by atoms with Crippen molar-refractivity contribution in [3.8, 4) is 11.1 Å². The maximum Gasteiger partial charge on any atom is 0.407 e. The summed E-state index contributed by atoms with van der Waals surface area (Å²) in [6.07, 6.45) is -0.828. The first-order valence-corrected chi connectivity index (χ1v) is 8.27. The van der Waals surface area contributed by atoms with Gasteiger partial charge in [-0.25, -0.2) is 4.79 Å². The summed E-state index contributed by atoms with van der Waals surface area (Å²) in [5.74, 6) is 0. The standard InChI is InChI=1S/C19H23N3O2/c1-14-5-3-4-6-17(14)18-8-7-16(20-15(18)2)13-21-9-11-22(12-10-21)19(23)24/h3-8H,9-13H2,1-2H3,(H,23,24). The van der Waals surface area contributed by atoms with E-state index in [9.17, 15) is 4.79 Å². The Morgan fingerprint density at radius 2 is 1.75 bits per heavy atom. The molecule has 5 nitrogen and oxygen atoms in total. The van der Waals surface area contributed by atoms with Gasteiger partial charge in [0, 0.05) is 44.0 Å². The first-order chi connectivity index (χ1) is 11.5. The lowest BCUT2D eigenvalue weighted by molar-refractivity contribution is 0.102. The molecule has 126 valence electrons. The van der Waals surface area contributed by atoms with Gasteiger partial charge in [0.2, 0.25) is 0 Å². The van der Waals surface area contributed by atoms with Crippen molar-refractivity contribution in [1.29, 1.82) is 0 Å². The highest BCUT2D eigenvalue weighted by Gasteiger charge is 2.20. The van der Waals surface area contributed by atoms with Crippen molar-refractivity contribution in [3.05, 3.63) is 53.3 Å². The molecule has 5 heteroatoms. The molecule has 0 aliphatic carbocycles.